The number of halogens is 1. The Balaban J connectivity index is 1.67. The first-order valence-electron chi connectivity index (χ1n) is 8.45. The normalized spacial score (nSPS) is 11.0. The molecular formula is C20H17FN4O2. The van der Waals surface area contributed by atoms with E-state index < -0.39 is 0 Å². The molecule has 4 rings (SSSR count). The zero-order chi connectivity index (χ0) is 18.6. The second kappa shape index (κ2) is 7.51. The van der Waals surface area contributed by atoms with Gasteiger partial charge in [0.05, 0.1) is 24.2 Å². The van der Waals surface area contributed by atoms with E-state index in [1.165, 1.54) is 12.1 Å². The summed E-state index contributed by atoms with van der Waals surface area (Å²) in [5, 5.41) is 9.28. The van der Waals surface area contributed by atoms with Crippen molar-refractivity contribution in [2.75, 3.05) is 20.3 Å². The molecule has 27 heavy (non-hydrogen) atoms. The fourth-order valence-electron chi connectivity index (χ4n) is 2.72. The van der Waals surface area contributed by atoms with Gasteiger partial charge in [0.25, 0.3) is 0 Å². The molecule has 0 amide bonds. The number of pyridine rings is 1. The molecule has 2 aromatic heterocycles. The highest BCUT2D eigenvalue weighted by Crippen LogP contribution is 2.27. The van der Waals surface area contributed by atoms with Crippen LogP contribution in [0.25, 0.3) is 28.0 Å². The highest BCUT2D eigenvalue weighted by Gasteiger charge is 2.10. The molecule has 0 saturated heterocycles. The zero-order valence-corrected chi connectivity index (χ0v) is 14.7. The van der Waals surface area contributed by atoms with E-state index in [1.54, 1.807) is 30.1 Å². The van der Waals surface area contributed by atoms with E-state index in [0.29, 0.717) is 30.4 Å². The number of ether oxygens (including phenoxy) is 2. The molecule has 136 valence electrons. The number of hydrogen-bond donors (Lipinski definition) is 0. The van der Waals surface area contributed by atoms with Crippen LogP contribution in [-0.2, 0) is 4.74 Å². The Labute approximate surface area is 155 Å². The van der Waals surface area contributed by atoms with Gasteiger partial charge in [0, 0.05) is 12.5 Å². The number of aromatic nitrogens is 4. The Kier molecular flexibility index (Phi) is 4.76. The number of hydrogen-bond acceptors (Lipinski definition) is 5. The van der Waals surface area contributed by atoms with Crippen molar-refractivity contribution in [3.63, 3.8) is 0 Å². The molecule has 0 unspecified atom stereocenters. The summed E-state index contributed by atoms with van der Waals surface area (Å²) >= 11 is 0. The largest absolute Gasteiger partial charge is 0.489 e. The van der Waals surface area contributed by atoms with E-state index in [-0.39, 0.29) is 5.82 Å². The van der Waals surface area contributed by atoms with Gasteiger partial charge in [-0.2, -0.15) is 0 Å². The third-order valence-electron chi connectivity index (χ3n) is 4.08. The summed E-state index contributed by atoms with van der Waals surface area (Å²) in [5.74, 6) is 0.397. The van der Waals surface area contributed by atoms with Crippen LogP contribution >= 0.6 is 0 Å². The molecule has 0 saturated carbocycles. The second-order valence-electron chi connectivity index (χ2n) is 5.89. The maximum atomic E-state index is 13.1. The topological polar surface area (TPSA) is 62.1 Å². The van der Waals surface area contributed by atoms with Gasteiger partial charge < -0.3 is 9.47 Å². The van der Waals surface area contributed by atoms with Crippen molar-refractivity contribution in [3.05, 3.63) is 66.6 Å². The van der Waals surface area contributed by atoms with Crippen LogP contribution in [0.5, 0.6) is 5.75 Å². The molecule has 7 heteroatoms. The summed E-state index contributed by atoms with van der Waals surface area (Å²) in [4.78, 5) is 4.70. The Morgan fingerprint density at radius 3 is 2.63 bits per heavy atom. The Morgan fingerprint density at radius 1 is 0.963 bits per heavy atom. The first-order chi connectivity index (χ1) is 13.2. The SMILES string of the molecule is COCCOc1cccc2ccc(-c3cn(-c4ccc(F)cc4)nn3)nc12. The lowest BCUT2D eigenvalue weighted by molar-refractivity contribution is 0.147. The minimum absolute atomic E-state index is 0.295. The van der Waals surface area contributed by atoms with Gasteiger partial charge in [0.1, 0.15) is 29.4 Å². The lowest BCUT2D eigenvalue weighted by Crippen LogP contribution is -2.04. The van der Waals surface area contributed by atoms with Crippen molar-refractivity contribution in [2.45, 2.75) is 0 Å². The van der Waals surface area contributed by atoms with Crippen LogP contribution in [0.1, 0.15) is 0 Å². The molecule has 0 aliphatic heterocycles. The summed E-state index contributed by atoms with van der Waals surface area (Å²) < 4.78 is 25.5. The standard InChI is InChI=1S/C20H17FN4O2/c1-26-11-12-27-19-4-2-3-14-5-10-17(22-20(14)19)18-13-25(24-23-18)16-8-6-15(21)7-9-16/h2-10,13H,11-12H2,1H3. The summed E-state index contributed by atoms with van der Waals surface area (Å²) in [6.07, 6.45) is 1.76. The smallest absolute Gasteiger partial charge is 0.145 e. The van der Waals surface area contributed by atoms with Gasteiger partial charge in [-0.05, 0) is 36.4 Å². The summed E-state index contributed by atoms with van der Waals surface area (Å²) in [7, 11) is 1.63. The number of nitrogens with zero attached hydrogens (tertiary/aromatic N) is 4. The molecule has 0 spiro atoms. The third-order valence-corrected chi connectivity index (χ3v) is 4.08. The zero-order valence-electron chi connectivity index (χ0n) is 14.7. The van der Waals surface area contributed by atoms with Crippen molar-refractivity contribution < 1.29 is 13.9 Å². The molecule has 2 heterocycles. The van der Waals surface area contributed by atoms with E-state index in [2.05, 4.69) is 10.3 Å². The Hall–Kier alpha value is -3.32. The van der Waals surface area contributed by atoms with Gasteiger partial charge in [-0.25, -0.2) is 14.1 Å². The fourth-order valence-corrected chi connectivity index (χ4v) is 2.72. The van der Waals surface area contributed by atoms with E-state index in [0.717, 1.165) is 16.6 Å². The molecule has 0 N–H and O–H groups in total. The van der Waals surface area contributed by atoms with Crippen LogP contribution in [0.2, 0.25) is 0 Å². The van der Waals surface area contributed by atoms with Crippen molar-refractivity contribution >= 4 is 10.9 Å². The third kappa shape index (κ3) is 3.63. The molecule has 0 aliphatic carbocycles. The molecule has 6 nitrogen and oxygen atoms in total. The number of benzene rings is 2. The minimum Gasteiger partial charge on any atom is -0.489 e. The predicted molar refractivity (Wildman–Crippen MR) is 99.4 cm³/mol. The van der Waals surface area contributed by atoms with Gasteiger partial charge in [-0.3, -0.25) is 0 Å². The van der Waals surface area contributed by atoms with Gasteiger partial charge in [0.2, 0.25) is 0 Å². The van der Waals surface area contributed by atoms with E-state index in [1.807, 2.05) is 30.3 Å². The number of fused-ring (bicyclic) bond motifs is 1. The lowest BCUT2D eigenvalue weighted by atomic mass is 10.1. The molecule has 0 aliphatic rings. The van der Waals surface area contributed by atoms with Crippen molar-refractivity contribution in [2.24, 2.45) is 0 Å². The summed E-state index contributed by atoms with van der Waals surface area (Å²) in [6.45, 7) is 0.949. The lowest BCUT2D eigenvalue weighted by Gasteiger charge is -2.09. The Morgan fingerprint density at radius 2 is 1.81 bits per heavy atom. The van der Waals surface area contributed by atoms with Crippen LogP contribution in [-0.4, -0.2) is 40.3 Å². The van der Waals surface area contributed by atoms with Gasteiger partial charge >= 0.3 is 0 Å². The van der Waals surface area contributed by atoms with Crippen LogP contribution in [0.3, 0.4) is 0 Å². The second-order valence-corrected chi connectivity index (χ2v) is 5.89. The monoisotopic (exact) mass is 364 g/mol. The number of methoxy groups -OCH3 is 1. The quantitative estimate of drug-likeness (QED) is 0.489. The molecule has 0 fully saturated rings. The minimum atomic E-state index is -0.295. The number of rotatable bonds is 6. The van der Waals surface area contributed by atoms with Gasteiger partial charge in [-0.15, -0.1) is 5.10 Å². The van der Waals surface area contributed by atoms with Crippen LogP contribution in [0, 0.1) is 5.82 Å². The highest BCUT2D eigenvalue weighted by atomic mass is 19.1. The Bertz CT molecular complexity index is 1060. The summed E-state index contributed by atoms with van der Waals surface area (Å²) in [6, 6.07) is 15.7. The van der Waals surface area contributed by atoms with Crippen molar-refractivity contribution in [1.82, 2.24) is 20.0 Å². The average Bonchev–Trinajstić information content (AvgIpc) is 3.19. The predicted octanol–water partition coefficient (Wildman–Crippen LogP) is 3.65. The average molecular weight is 364 g/mol. The maximum Gasteiger partial charge on any atom is 0.145 e. The first kappa shape index (κ1) is 17.1. The molecule has 0 atom stereocenters. The first-order valence-corrected chi connectivity index (χ1v) is 8.45. The van der Waals surface area contributed by atoms with Crippen LogP contribution in [0.4, 0.5) is 4.39 Å². The molecule has 0 bridgehead atoms. The van der Waals surface area contributed by atoms with Crippen LogP contribution < -0.4 is 4.74 Å². The van der Waals surface area contributed by atoms with Gasteiger partial charge in [-0.1, -0.05) is 23.4 Å². The van der Waals surface area contributed by atoms with Crippen molar-refractivity contribution in [1.29, 1.82) is 0 Å². The van der Waals surface area contributed by atoms with E-state index in [9.17, 15) is 4.39 Å². The van der Waals surface area contributed by atoms with E-state index >= 15 is 0 Å². The van der Waals surface area contributed by atoms with E-state index in [4.69, 9.17) is 14.5 Å². The summed E-state index contributed by atoms with van der Waals surface area (Å²) in [5.41, 5.74) is 2.77. The maximum absolute atomic E-state index is 13.1. The molecular weight excluding hydrogens is 347 g/mol. The van der Waals surface area contributed by atoms with Gasteiger partial charge in [0.15, 0.2) is 0 Å². The van der Waals surface area contributed by atoms with Crippen LogP contribution in [0.15, 0.2) is 60.8 Å². The number of para-hydroxylation sites is 1. The molecule has 4 aromatic rings. The van der Waals surface area contributed by atoms with Crippen molar-refractivity contribution in [3.8, 4) is 22.8 Å². The fraction of sp³-hybridized carbons (Fsp3) is 0.150. The molecule has 0 radical (unpaired) electrons. The highest BCUT2D eigenvalue weighted by molar-refractivity contribution is 5.86. The molecule has 2 aromatic carbocycles.